The van der Waals surface area contributed by atoms with Crippen LogP contribution in [0.15, 0.2) is 0 Å². The van der Waals surface area contributed by atoms with E-state index >= 15 is 0 Å². The van der Waals surface area contributed by atoms with E-state index < -0.39 is 5.60 Å². The van der Waals surface area contributed by atoms with E-state index in [1.165, 1.54) is 0 Å². The van der Waals surface area contributed by atoms with Gasteiger partial charge in [-0.25, -0.2) is 0 Å². The van der Waals surface area contributed by atoms with Gasteiger partial charge in [0.2, 0.25) is 0 Å². The molecule has 0 bridgehead atoms. The van der Waals surface area contributed by atoms with Crippen LogP contribution < -0.4 is 51.4 Å². The van der Waals surface area contributed by atoms with Crippen LogP contribution in [-0.4, -0.2) is 10.7 Å². The third-order valence-electron chi connectivity index (χ3n) is 1.96. The summed E-state index contributed by atoms with van der Waals surface area (Å²) >= 11 is 0. The van der Waals surface area contributed by atoms with Crippen molar-refractivity contribution in [2.45, 2.75) is 39.7 Å². The summed E-state index contributed by atoms with van der Waals surface area (Å²) in [6.07, 6.45) is 0.838. The van der Waals surface area contributed by atoms with Crippen molar-refractivity contribution in [1.82, 2.24) is 0 Å². The third-order valence-corrected chi connectivity index (χ3v) is 1.96. The average molecular weight is 156 g/mol. The summed E-state index contributed by atoms with van der Waals surface area (Å²) in [5, 5.41) is 9.40. The van der Waals surface area contributed by atoms with Crippen LogP contribution in [-0.2, 0) is 0 Å². The van der Waals surface area contributed by atoms with Crippen LogP contribution in [0.5, 0.6) is 0 Å². The molecule has 1 nitrogen and oxygen atoms in total. The molecule has 0 rings (SSSR count). The maximum atomic E-state index is 9.40. The van der Waals surface area contributed by atoms with Crippen LogP contribution in [0, 0.1) is 5.92 Å². The Morgan fingerprint density at radius 2 is 1.89 bits per heavy atom. The molecule has 0 fully saturated rings. The van der Waals surface area contributed by atoms with E-state index in [2.05, 4.69) is 0 Å². The van der Waals surface area contributed by atoms with Gasteiger partial charge in [-0.2, -0.15) is 0 Å². The molecule has 1 atom stereocenters. The van der Waals surface area contributed by atoms with Crippen molar-refractivity contribution in [2.75, 3.05) is 0 Å². The molecule has 0 saturated carbocycles. The summed E-state index contributed by atoms with van der Waals surface area (Å²) in [5.41, 5.74) is -0.458. The number of hydrogen-bond acceptors (Lipinski definition) is 1. The molecule has 0 aromatic heterocycles. The maximum absolute atomic E-state index is 9.40. The second-order valence-corrected chi connectivity index (χ2v) is 2.87. The Morgan fingerprint density at radius 1 is 1.56 bits per heavy atom. The standard InChI is InChI=1S/C7H16O.K.H/c1-5-7(4,8)6(2)3;;/h6,8H,5H2,1-4H3;;/q;+1;-1. The molecule has 0 aromatic carbocycles. The summed E-state index contributed by atoms with van der Waals surface area (Å²) in [6.45, 7) is 7.94. The molecule has 1 unspecified atom stereocenters. The SMILES string of the molecule is CCC(C)(O)C(C)C.[H-].[K+]. The molecular weight excluding hydrogens is 139 g/mol. The molecule has 2 heteroatoms. The Labute approximate surface area is 102 Å². The second kappa shape index (κ2) is 5.27. The molecule has 52 valence electrons. The van der Waals surface area contributed by atoms with Gasteiger partial charge in [0.15, 0.2) is 0 Å². The molecule has 0 amide bonds. The summed E-state index contributed by atoms with van der Waals surface area (Å²) < 4.78 is 0. The first-order chi connectivity index (χ1) is 3.50. The molecule has 0 aliphatic carbocycles. The minimum Gasteiger partial charge on any atom is -1.00 e. The maximum Gasteiger partial charge on any atom is 1.00 e. The molecule has 0 heterocycles. The van der Waals surface area contributed by atoms with E-state index in [1.807, 2.05) is 27.7 Å². The van der Waals surface area contributed by atoms with Crippen molar-refractivity contribution in [3.63, 3.8) is 0 Å². The smallest absolute Gasteiger partial charge is 1.00 e. The van der Waals surface area contributed by atoms with Gasteiger partial charge in [-0.1, -0.05) is 20.8 Å². The van der Waals surface area contributed by atoms with Gasteiger partial charge in [0.05, 0.1) is 5.60 Å². The monoisotopic (exact) mass is 156 g/mol. The fourth-order valence-corrected chi connectivity index (χ4v) is 0.408. The summed E-state index contributed by atoms with van der Waals surface area (Å²) in [5.74, 6) is 0.368. The molecule has 0 aromatic rings. The third kappa shape index (κ3) is 4.93. The predicted molar refractivity (Wildman–Crippen MR) is 36.9 cm³/mol. The van der Waals surface area contributed by atoms with E-state index in [0.29, 0.717) is 5.92 Å². The van der Waals surface area contributed by atoms with Crippen molar-refractivity contribution in [3.8, 4) is 0 Å². The van der Waals surface area contributed by atoms with Gasteiger partial charge in [0.1, 0.15) is 0 Å². The normalized spacial score (nSPS) is 16.7. The molecule has 0 saturated heterocycles. The van der Waals surface area contributed by atoms with Crippen molar-refractivity contribution in [3.05, 3.63) is 0 Å². The van der Waals surface area contributed by atoms with Gasteiger partial charge in [-0.05, 0) is 19.3 Å². The number of rotatable bonds is 2. The van der Waals surface area contributed by atoms with Gasteiger partial charge in [0, 0.05) is 0 Å². The molecule has 0 spiro atoms. The molecule has 0 radical (unpaired) electrons. The minimum absolute atomic E-state index is 0. The zero-order valence-electron chi connectivity index (χ0n) is 8.23. The second-order valence-electron chi connectivity index (χ2n) is 2.87. The van der Waals surface area contributed by atoms with Crippen molar-refractivity contribution in [1.29, 1.82) is 0 Å². The summed E-state index contributed by atoms with van der Waals surface area (Å²) in [6, 6.07) is 0. The predicted octanol–water partition coefficient (Wildman–Crippen LogP) is -1.08. The number of aliphatic hydroxyl groups is 1. The minimum atomic E-state index is -0.458. The van der Waals surface area contributed by atoms with E-state index in [-0.39, 0.29) is 52.8 Å². The average Bonchev–Trinajstić information content (AvgIpc) is 1.67. The van der Waals surface area contributed by atoms with E-state index in [0.717, 1.165) is 6.42 Å². The van der Waals surface area contributed by atoms with Gasteiger partial charge in [-0.3, -0.25) is 0 Å². The fourth-order valence-electron chi connectivity index (χ4n) is 0.408. The summed E-state index contributed by atoms with van der Waals surface area (Å²) in [4.78, 5) is 0. The van der Waals surface area contributed by atoms with Gasteiger partial charge in [0.25, 0.3) is 0 Å². The molecule has 0 aliphatic heterocycles. The van der Waals surface area contributed by atoms with Crippen molar-refractivity contribution >= 4 is 0 Å². The molecule has 9 heavy (non-hydrogen) atoms. The Hall–Kier alpha value is 1.60. The van der Waals surface area contributed by atoms with Crippen LogP contribution in [0.25, 0.3) is 0 Å². The van der Waals surface area contributed by atoms with Gasteiger partial charge >= 0.3 is 51.4 Å². The van der Waals surface area contributed by atoms with E-state index in [4.69, 9.17) is 0 Å². The largest absolute Gasteiger partial charge is 1.00 e. The van der Waals surface area contributed by atoms with Crippen LogP contribution >= 0.6 is 0 Å². The van der Waals surface area contributed by atoms with Crippen LogP contribution in [0.4, 0.5) is 0 Å². The van der Waals surface area contributed by atoms with Gasteiger partial charge < -0.3 is 6.53 Å². The Morgan fingerprint density at radius 3 is 1.89 bits per heavy atom. The van der Waals surface area contributed by atoms with E-state index in [9.17, 15) is 5.11 Å². The number of hydrogen-bond donors (Lipinski definition) is 1. The molecular formula is C7H17KO. The topological polar surface area (TPSA) is 20.2 Å². The Kier molecular flexibility index (Phi) is 7.74. The van der Waals surface area contributed by atoms with Crippen molar-refractivity contribution in [2.24, 2.45) is 5.92 Å². The molecule has 0 aliphatic rings. The summed E-state index contributed by atoms with van der Waals surface area (Å²) in [7, 11) is 0. The first-order valence-electron chi connectivity index (χ1n) is 3.23. The van der Waals surface area contributed by atoms with Crippen LogP contribution in [0.2, 0.25) is 0 Å². The van der Waals surface area contributed by atoms with Crippen molar-refractivity contribution < 1.29 is 57.9 Å². The Bertz CT molecular complexity index is 74.0. The first-order valence-corrected chi connectivity index (χ1v) is 3.23. The fraction of sp³-hybridized carbons (Fsp3) is 1.00. The van der Waals surface area contributed by atoms with E-state index in [1.54, 1.807) is 0 Å². The molecule has 1 N–H and O–H groups in total. The quantitative estimate of drug-likeness (QED) is 0.504. The van der Waals surface area contributed by atoms with Crippen LogP contribution in [0.3, 0.4) is 0 Å². The zero-order valence-corrected chi connectivity index (χ0v) is 10.4. The van der Waals surface area contributed by atoms with Gasteiger partial charge in [-0.15, -0.1) is 0 Å². The van der Waals surface area contributed by atoms with Crippen LogP contribution in [0.1, 0.15) is 35.5 Å². The zero-order chi connectivity index (χ0) is 6.78. The Balaban J connectivity index is -0.000000245. The first kappa shape index (κ1) is 13.2.